The van der Waals surface area contributed by atoms with Crippen LogP contribution in [0.1, 0.15) is 30.5 Å². The van der Waals surface area contributed by atoms with Gasteiger partial charge in [0.1, 0.15) is 0 Å². The fourth-order valence-electron chi connectivity index (χ4n) is 1.67. The van der Waals surface area contributed by atoms with Gasteiger partial charge in [0, 0.05) is 41.5 Å². The Morgan fingerprint density at radius 3 is 2.26 bits per heavy atom. The highest BCUT2D eigenvalue weighted by Gasteiger charge is 2.10. The van der Waals surface area contributed by atoms with Crippen molar-refractivity contribution >= 4 is 11.3 Å². The monoisotopic (exact) mass is 283 g/mol. The van der Waals surface area contributed by atoms with Gasteiger partial charge in [0.25, 0.3) is 0 Å². The van der Waals surface area contributed by atoms with E-state index < -0.39 is 0 Å². The minimum absolute atomic E-state index is 0.187. The molecule has 1 heterocycles. The van der Waals surface area contributed by atoms with Crippen LogP contribution < -0.4 is 5.32 Å². The Balaban J connectivity index is 2.38. The van der Waals surface area contributed by atoms with Gasteiger partial charge in [-0.15, -0.1) is 11.3 Å². The Kier molecular flexibility index (Phi) is 6.47. The summed E-state index contributed by atoms with van der Waals surface area (Å²) in [5.74, 6) is 0. The van der Waals surface area contributed by atoms with Crippen LogP contribution in [0.15, 0.2) is 12.1 Å². The summed E-state index contributed by atoms with van der Waals surface area (Å²) in [5.41, 5.74) is 0.187. The van der Waals surface area contributed by atoms with Gasteiger partial charge in [-0.25, -0.2) is 0 Å². The van der Waals surface area contributed by atoms with Crippen LogP contribution in [-0.4, -0.2) is 49.6 Å². The zero-order valence-electron chi connectivity index (χ0n) is 13.3. The lowest BCUT2D eigenvalue weighted by Crippen LogP contribution is -2.34. The van der Waals surface area contributed by atoms with E-state index in [1.807, 2.05) is 11.3 Å². The highest BCUT2D eigenvalue weighted by Crippen LogP contribution is 2.18. The van der Waals surface area contributed by atoms with Crippen molar-refractivity contribution in [2.24, 2.45) is 0 Å². The van der Waals surface area contributed by atoms with E-state index in [1.54, 1.807) is 0 Å². The van der Waals surface area contributed by atoms with E-state index in [9.17, 15) is 0 Å². The van der Waals surface area contributed by atoms with Crippen molar-refractivity contribution in [2.75, 3.05) is 34.2 Å². The number of nitrogens with one attached hydrogen (secondary N) is 1. The van der Waals surface area contributed by atoms with Crippen LogP contribution in [0.3, 0.4) is 0 Å². The van der Waals surface area contributed by atoms with E-state index >= 15 is 0 Å². The van der Waals surface area contributed by atoms with Crippen LogP contribution >= 0.6 is 11.3 Å². The molecule has 0 aliphatic carbocycles. The molecular formula is C15H29N3S. The van der Waals surface area contributed by atoms with Crippen LogP contribution in [0.5, 0.6) is 0 Å². The lowest BCUT2D eigenvalue weighted by Gasteiger charge is -2.20. The molecule has 0 aliphatic heterocycles. The molecule has 0 aliphatic rings. The summed E-state index contributed by atoms with van der Waals surface area (Å²) in [6, 6.07) is 4.51. The summed E-state index contributed by atoms with van der Waals surface area (Å²) in [6.45, 7) is 10.9. The maximum Gasteiger partial charge on any atom is 0.0325 e. The lowest BCUT2D eigenvalue weighted by molar-refractivity contribution is 0.278. The molecule has 0 saturated heterocycles. The molecule has 0 fully saturated rings. The number of hydrogen-bond acceptors (Lipinski definition) is 4. The van der Waals surface area contributed by atoms with Gasteiger partial charge >= 0.3 is 0 Å². The average Bonchev–Trinajstić information content (AvgIpc) is 2.70. The van der Waals surface area contributed by atoms with Crippen molar-refractivity contribution in [3.05, 3.63) is 21.9 Å². The molecule has 1 rings (SSSR count). The Morgan fingerprint density at radius 2 is 1.68 bits per heavy atom. The van der Waals surface area contributed by atoms with E-state index in [0.29, 0.717) is 0 Å². The molecule has 0 radical (unpaired) electrons. The molecule has 0 saturated carbocycles. The van der Waals surface area contributed by atoms with E-state index in [4.69, 9.17) is 0 Å². The Labute approximate surface area is 122 Å². The molecule has 110 valence electrons. The predicted octanol–water partition coefficient (Wildman–Crippen LogP) is 2.63. The van der Waals surface area contributed by atoms with Gasteiger partial charge in [0.2, 0.25) is 0 Å². The quantitative estimate of drug-likeness (QED) is 0.830. The fourth-order valence-corrected chi connectivity index (χ4v) is 2.71. The molecule has 1 aromatic rings. The standard InChI is InChI=1S/C15H29N3S/c1-15(2,3)16-11-13-7-8-14(19-13)12-18(6)10-9-17(4)5/h7-8,16H,9-12H2,1-6H3. The highest BCUT2D eigenvalue weighted by molar-refractivity contribution is 7.11. The van der Waals surface area contributed by atoms with Gasteiger partial charge in [-0.3, -0.25) is 0 Å². The topological polar surface area (TPSA) is 18.5 Å². The summed E-state index contributed by atoms with van der Waals surface area (Å²) in [5, 5.41) is 3.54. The number of rotatable bonds is 7. The molecule has 0 atom stereocenters. The molecule has 1 N–H and O–H groups in total. The average molecular weight is 283 g/mol. The summed E-state index contributed by atoms with van der Waals surface area (Å²) in [7, 11) is 6.43. The van der Waals surface area contributed by atoms with Gasteiger partial charge in [-0.2, -0.15) is 0 Å². The third kappa shape index (κ3) is 7.67. The van der Waals surface area contributed by atoms with Crippen molar-refractivity contribution in [2.45, 2.75) is 39.4 Å². The number of nitrogens with zero attached hydrogens (tertiary/aromatic N) is 2. The Hall–Kier alpha value is -0.420. The van der Waals surface area contributed by atoms with Crippen molar-refractivity contribution in [3.8, 4) is 0 Å². The molecule has 4 heteroatoms. The van der Waals surface area contributed by atoms with Gasteiger partial charge in [0.15, 0.2) is 0 Å². The smallest absolute Gasteiger partial charge is 0.0325 e. The first-order valence-electron chi connectivity index (χ1n) is 6.92. The predicted molar refractivity (Wildman–Crippen MR) is 85.8 cm³/mol. The first-order chi connectivity index (χ1) is 8.76. The Bertz CT molecular complexity index is 366. The fraction of sp³-hybridized carbons (Fsp3) is 0.733. The molecule has 3 nitrogen and oxygen atoms in total. The second-order valence-electron chi connectivity index (χ2n) is 6.51. The van der Waals surface area contributed by atoms with Crippen molar-refractivity contribution < 1.29 is 0 Å². The molecular weight excluding hydrogens is 254 g/mol. The summed E-state index contributed by atoms with van der Waals surface area (Å²) >= 11 is 1.92. The van der Waals surface area contributed by atoms with Gasteiger partial charge < -0.3 is 15.1 Å². The van der Waals surface area contributed by atoms with Crippen molar-refractivity contribution in [1.29, 1.82) is 0 Å². The first kappa shape index (κ1) is 16.6. The minimum Gasteiger partial charge on any atom is -0.308 e. The van der Waals surface area contributed by atoms with Crippen LogP contribution in [0.4, 0.5) is 0 Å². The molecule has 0 spiro atoms. The lowest BCUT2D eigenvalue weighted by atomic mass is 10.1. The van der Waals surface area contributed by atoms with E-state index in [1.165, 1.54) is 9.75 Å². The second-order valence-corrected chi connectivity index (χ2v) is 7.77. The number of likely N-dealkylation sites (N-methyl/N-ethyl adjacent to an activating group) is 2. The van der Waals surface area contributed by atoms with Crippen LogP contribution in [0, 0.1) is 0 Å². The van der Waals surface area contributed by atoms with E-state index in [-0.39, 0.29) is 5.54 Å². The van der Waals surface area contributed by atoms with Crippen LogP contribution in [0.25, 0.3) is 0 Å². The highest BCUT2D eigenvalue weighted by atomic mass is 32.1. The first-order valence-corrected chi connectivity index (χ1v) is 7.74. The van der Waals surface area contributed by atoms with Crippen molar-refractivity contribution in [1.82, 2.24) is 15.1 Å². The zero-order valence-corrected chi connectivity index (χ0v) is 14.1. The SMILES string of the molecule is CN(C)CCN(C)Cc1ccc(CNC(C)(C)C)s1. The molecule has 0 unspecified atom stereocenters. The van der Waals surface area contributed by atoms with Crippen molar-refractivity contribution in [3.63, 3.8) is 0 Å². The van der Waals surface area contributed by atoms with Gasteiger partial charge in [-0.05, 0) is 54.0 Å². The third-order valence-electron chi connectivity index (χ3n) is 2.86. The maximum atomic E-state index is 3.54. The molecule has 0 amide bonds. The van der Waals surface area contributed by atoms with Gasteiger partial charge in [0.05, 0.1) is 0 Å². The van der Waals surface area contributed by atoms with E-state index in [0.717, 1.165) is 26.2 Å². The van der Waals surface area contributed by atoms with E-state index in [2.05, 4.69) is 69.2 Å². The summed E-state index contributed by atoms with van der Waals surface area (Å²) in [4.78, 5) is 7.48. The van der Waals surface area contributed by atoms with Gasteiger partial charge in [-0.1, -0.05) is 0 Å². The minimum atomic E-state index is 0.187. The number of hydrogen-bond donors (Lipinski definition) is 1. The largest absolute Gasteiger partial charge is 0.308 e. The maximum absolute atomic E-state index is 3.54. The third-order valence-corrected chi connectivity index (χ3v) is 3.93. The Morgan fingerprint density at radius 1 is 1.05 bits per heavy atom. The van der Waals surface area contributed by atoms with Crippen LogP contribution in [-0.2, 0) is 13.1 Å². The normalized spacial score (nSPS) is 12.6. The summed E-state index contributed by atoms with van der Waals surface area (Å²) in [6.07, 6.45) is 0. The molecule has 0 aromatic carbocycles. The molecule has 19 heavy (non-hydrogen) atoms. The summed E-state index contributed by atoms with van der Waals surface area (Å²) < 4.78 is 0. The second kappa shape index (κ2) is 7.39. The van der Waals surface area contributed by atoms with Crippen LogP contribution in [0.2, 0.25) is 0 Å². The zero-order chi connectivity index (χ0) is 14.5. The molecule has 0 bridgehead atoms. The molecule has 1 aromatic heterocycles. The number of thiophene rings is 1.